The predicted molar refractivity (Wildman–Crippen MR) is 117 cm³/mol. The highest BCUT2D eigenvalue weighted by Gasteiger charge is 2.37. The minimum Gasteiger partial charge on any atom is -0.371 e. The molecule has 1 N–H and O–H groups in total. The molecule has 0 fully saturated rings. The van der Waals surface area contributed by atoms with Crippen molar-refractivity contribution in [2.45, 2.75) is 38.2 Å². The van der Waals surface area contributed by atoms with E-state index in [1.165, 1.54) is 6.20 Å². The molecule has 0 bridgehead atoms. The van der Waals surface area contributed by atoms with Gasteiger partial charge in [0.2, 0.25) is 0 Å². The van der Waals surface area contributed by atoms with Gasteiger partial charge >= 0.3 is 18.4 Å². The summed E-state index contributed by atoms with van der Waals surface area (Å²) in [6, 6.07) is 6.85. The van der Waals surface area contributed by atoms with Gasteiger partial charge in [0.1, 0.15) is 0 Å². The smallest absolute Gasteiger partial charge is 0.371 e. The van der Waals surface area contributed by atoms with Crippen LogP contribution in [0.3, 0.4) is 0 Å². The van der Waals surface area contributed by atoms with Gasteiger partial charge in [-0.05, 0) is 43.7 Å². The van der Waals surface area contributed by atoms with Crippen LogP contribution in [0.15, 0.2) is 61.3 Å². The number of ether oxygens (including phenoxy) is 1. The summed E-state index contributed by atoms with van der Waals surface area (Å²) in [6.07, 6.45) is -6.56. The van der Waals surface area contributed by atoms with Gasteiger partial charge in [-0.15, -0.1) is 6.58 Å². The first-order valence-electron chi connectivity index (χ1n) is 10.2. The van der Waals surface area contributed by atoms with Crippen molar-refractivity contribution in [1.82, 2.24) is 4.57 Å². The highest BCUT2D eigenvalue weighted by molar-refractivity contribution is 5.99. The highest BCUT2D eigenvalue weighted by atomic mass is 19.4. The number of anilines is 1. The molecule has 1 heterocycles. The predicted octanol–water partition coefficient (Wildman–Crippen LogP) is 7.28. The molecule has 0 aliphatic heterocycles. The minimum atomic E-state index is -5.02. The fraction of sp³-hybridized carbons (Fsp3) is 0.292. The third-order valence-electron chi connectivity index (χ3n) is 5.06. The van der Waals surface area contributed by atoms with E-state index in [4.69, 9.17) is 4.74 Å². The summed E-state index contributed by atoms with van der Waals surface area (Å²) in [5.41, 5.74) is -3.12. The van der Waals surface area contributed by atoms with E-state index < -0.39 is 40.8 Å². The summed E-state index contributed by atoms with van der Waals surface area (Å²) in [7, 11) is 0. The summed E-state index contributed by atoms with van der Waals surface area (Å²) in [6.45, 7) is 7.62. The van der Waals surface area contributed by atoms with Crippen molar-refractivity contribution in [3.8, 4) is 0 Å². The fourth-order valence-corrected chi connectivity index (χ4v) is 3.56. The number of alkyl halides is 6. The molecule has 0 spiro atoms. The molecule has 4 nitrogen and oxygen atoms in total. The molecule has 0 saturated carbocycles. The van der Waals surface area contributed by atoms with Crippen molar-refractivity contribution in [3.63, 3.8) is 0 Å². The van der Waals surface area contributed by atoms with E-state index in [2.05, 4.69) is 11.9 Å². The number of benzene rings is 2. The number of para-hydroxylation sites is 1. The maximum Gasteiger partial charge on any atom is 0.416 e. The van der Waals surface area contributed by atoms with Gasteiger partial charge in [-0.1, -0.05) is 24.3 Å². The average molecular weight is 484 g/mol. The van der Waals surface area contributed by atoms with Gasteiger partial charge in [0, 0.05) is 23.7 Å². The number of carbonyl (C=O) groups is 1. The molecular weight excluding hydrogens is 462 g/mol. The molecule has 10 heteroatoms. The normalized spacial score (nSPS) is 12.7. The SMILES string of the molecule is C=CCOC(C)(C)Cc1cn(C(=O)Nc2cc(C(F)(F)F)cc(C(F)(F)F)c2)c2ccccc12. The zero-order valence-corrected chi connectivity index (χ0v) is 18.3. The molecule has 2 aromatic carbocycles. The summed E-state index contributed by atoms with van der Waals surface area (Å²) in [5.74, 6) is 0. The number of nitrogens with one attached hydrogen (secondary N) is 1. The van der Waals surface area contributed by atoms with Gasteiger partial charge < -0.3 is 10.1 Å². The molecule has 3 aromatic rings. The molecule has 0 radical (unpaired) electrons. The lowest BCUT2D eigenvalue weighted by Crippen LogP contribution is -2.27. The third-order valence-corrected chi connectivity index (χ3v) is 5.06. The van der Waals surface area contributed by atoms with Crippen LogP contribution in [0.25, 0.3) is 10.9 Å². The number of amides is 1. The number of nitrogens with zero attached hydrogens (tertiary/aromatic N) is 1. The van der Waals surface area contributed by atoms with Crippen LogP contribution >= 0.6 is 0 Å². The van der Waals surface area contributed by atoms with Crippen LogP contribution in [-0.2, 0) is 23.5 Å². The molecule has 1 amide bonds. The summed E-state index contributed by atoms with van der Waals surface area (Å²) in [4.78, 5) is 12.9. The first-order chi connectivity index (χ1) is 15.7. The van der Waals surface area contributed by atoms with Gasteiger partial charge in [0.15, 0.2) is 0 Å². The van der Waals surface area contributed by atoms with Gasteiger partial charge in [0.05, 0.1) is 28.9 Å². The van der Waals surface area contributed by atoms with Crippen molar-refractivity contribution < 1.29 is 35.9 Å². The second-order valence-corrected chi connectivity index (χ2v) is 8.30. The Morgan fingerprint density at radius 2 is 1.62 bits per heavy atom. The molecule has 34 heavy (non-hydrogen) atoms. The van der Waals surface area contributed by atoms with Crippen molar-refractivity contribution in [2.75, 3.05) is 11.9 Å². The van der Waals surface area contributed by atoms with E-state index in [1.807, 2.05) is 13.8 Å². The van der Waals surface area contributed by atoms with Gasteiger partial charge in [0.25, 0.3) is 0 Å². The number of fused-ring (bicyclic) bond motifs is 1. The molecular formula is C24H22F6N2O2. The summed E-state index contributed by atoms with van der Waals surface area (Å²) in [5, 5.41) is 2.87. The Hall–Kier alpha value is -3.27. The molecule has 3 rings (SSSR count). The van der Waals surface area contributed by atoms with E-state index in [0.717, 1.165) is 10.1 Å². The summed E-state index contributed by atoms with van der Waals surface area (Å²) < 4.78 is 85.8. The Labute approximate surface area is 191 Å². The molecule has 182 valence electrons. The number of rotatable bonds is 6. The Morgan fingerprint density at radius 3 is 2.18 bits per heavy atom. The van der Waals surface area contributed by atoms with Crippen LogP contribution in [-0.4, -0.2) is 22.8 Å². The Bertz CT molecular complexity index is 1180. The van der Waals surface area contributed by atoms with Crippen molar-refractivity contribution in [3.05, 3.63) is 78.0 Å². The average Bonchev–Trinajstić information content (AvgIpc) is 3.09. The van der Waals surface area contributed by atoms with Crippen LogP contribution in [0.2, 0.25) is 0 Å². The first kappa shape index (κ1) is 25.4. The van der Waals surface area contributed by atoms with Crippen LogP contribution in [0, 0.1) is 0 Å². The standard InChI is InChI=1S/C24H22F6N2O2/c1-4-9-34-22(2,3)13-15-14-32(20-8-6-5-7-19(15)20)21(33)31-18-11-16(23(25,26)27)10-17(12-18)24(28,29)30/h4-8,10-12,14H,1,9,13H2,2-3H3,(H,31,33). The zero-order chi connectivity index (χ0) is 25.3. The molecule has 0 saturated heterocycles. The van der Waals surface area contributed by atoms with Crippen LogP contribution in [0.5, 0.6) is 0 Å². The monoisotopic (exact) mass is 484 g/mol. The van der Waals surface area contributed by atoms with E-state index in [-0.39, 0.29) is 6.07 Å². The lowest BCUT2D eigenvalue weighted by atomic mass is 9.98. The van der Waals surface area contributed by atoms with Gasteiger partial charge in [-0.25, -0.2) is 4.79 Å². The molecule has 1 aromatic heterocycles. The second-order valence-electron chi connectivity index (χ2n) is 8.30. The summed E-state index contributed by atoms with van der Waals surface area (Å²) >= 11 is 0. The van der Waals surface area contributed by atoms with Crippen molar-refractivity contribution >= 4 is 22.6 Å². The van der Waals surface area contributed by atoms with E-state index in [1.54, 1.807) is 30.3 Å². The molecule has 0 aliphatic rings. The molecule has 0 unspecified atom stereocenters. The topological polar surface area (TPSA) is 43.3 Å². The number of hydrogen-bond donors (Lipinski definition) is 1. The second kappa shape index (κ2) is 9.17. The van der Waals surface area contributed by atoms with E-state index in [0.29, 0.717) is 36.1 Å². The Balaban J connectivity index is 1.99. The maximum absolute atomic E-state index is 13.2. The lowest BCUT2D eigenvalue weighted by molar-refractivity contribution is -0.143. The van der Waals surface area contributed by atoms with Crippen LogP contribution < -0.4 is 5.32 Å². The van der Waals surface area contributed by atoms with Crippen LogP contribution in [0.4, 0.5) is 36.8 Å². The Kier molecular flexibility index (Phi) is 6.84. The number of aromatic nitrogens is 1. The maximum atomic E-state index is 13.2. The van der Waals surface area contributed by atoms with Gasteiger partial charge in [-0.2, -0.15) is 26.3 Å². The first-order valence-corrected chi connectivity index (χ1v) is 10.2. The van der Waals surface area contributed by atoms with Crippen molar-refractivity contribution in [1.29, 1.82) is 0 Å². The Morgan fingerprint density at radius 1 is 1.03 bits per heavy atom. The highest BCUT2D eigenvalue weighted by Crippen LogP contribution is 2.37. The lowest BCUT2D eigenvalue weighted by Gasteiger charge is -2.24. The third kappa shape index (κ3) is 5.80. The van der Waals surface area contributed by atoms with E-state index in [9.17, 15) is 31.1 Å². The number of hydrogen-bond acceptors (Lipinski definition) is 2. The zero-order valence-electron chi connectivity index (χ0n) is 18.3. The number of halogens is 6. The number of carbonyl (C=O) groups excluding carboxylic acids is 1. The fourth-order valence-electron chi connectivity index (χ4n) is 3.56. The minimum absolute atomic E-state index is 0.00412. The van der Waals surface area contributed by atoms with Crippen LogP contribution in [0.1, 0.15) is 30.5 Å². The van der Waals surface area contributed by atoms with E-state index >= 15 is 0 Å². The van der Waals surface area contributed by atoms with Gasteiger partial charge in [-0.3, -0.25) is 4.57 Å². The molecule has 0 atom stereocenters. The quantitative estimate of drug-likeness (QED) is 0.295. The largest absolute Gasteiger partial charge is 0.416 e. The molecule has 0 aliphatic carbocycles. The van der Waals surface area contributed by atoms with Crippen molar-refractivity contribution in [2.24, 2.45) is 0 Å².